The molecule has 0 saturated heterocycles. The maximum atomic E-state index is 11.8. The summed E-state index contributed by atoms with van der Waals surface area (Å²) in [4.78, 5) is 27.6. The Hall–Kier alpha value is -2.90. The van der Waals surface area contributed by atoms with Gasteiger partial charge in [0.2, 0.25) is 0 Å². The van der Waals surface area contributed by atoms with Gasteiger partial charge in [0.05, 0.1) is 23.7 Å². The monoisotopic (exact) mass is 274 g/mol. The molecule has 0 spiro atoms. The van der Waals surface area contributed by atoms with Crippen LogP contribution in [0.5, 0.6) is 0 Å². The van der Waals surface area contributed by atoms with Crippen molar-refractivity contribution < 1.29 is 14.7 Å². The third kappa shape index (κ3) is 1.48. The molecule has 8 nitrogen and oxygen atoms in total. The highest BCUT2D eigenvalue weighted by Crippen LogP contribution is 2.18. The molecule has 0 bridgehead atoms. The number of nitrogens with zero attached hydrogens (tertiary/aromatic N) is 4. The van der Waals surface area contributed by atoms with Crippen molar-refractivity contribution in [3.63, 3.8) is 0 Å². The minimum absolute atomic E-state index is 0.196. The van der Waals surface area contributed by atoms with Crippen LogP contribution in [0.4, 0.5) is 0 Å². The number of hydrogen-bond acceptors (Lipinski definition) is 6. The van der Waals surface area contributed by atoms with Gasteiger partial charge >= 0.3 is 5.97 Å². The molecule has 0 saturated carbocycles. The fourth-order valence-electron chi connectivity index (χ4n) is 2.11. The molecular weight excluding hydrogens is 264 g/mol. The maximum Gasteiger partial charge on any atom is 0.343 e. The van der Waals surface area contributed by atoms with E-state index in [4.69, 9.17) is 4.74 Å². The number of carbonyl (C=O) groups excluding carboxylic acids is 1. The Morgan fingerprint density at radius 1 is 1.45 bits per heavy atom. The first kappa shape index (κ1) is 12.2. The van der Waals surface area contributed by atoms with Gasteiger partial charge in [-0.1, -0.05) is 0 Å². The van der Waals surface area contributed by atoms with Gasteiger partial charge in [0.15, 0.2) is 5.65 Å². The number of hydrogen-bond donors (Lipinski definition) is 1. The molecule has 3 aromatic rings. The fourth-order valence-corrected chi connectivity index (χ4v) is 2.11. The molecule has 0 amide bonds. The minimum atomic E-state index is -0.607. The standard InChI is InChI=1S/C12H10N4O4/c1-6-9(12(18)20-2)10-13-5-7-8(16(10)14-6)3-4-15(19)11(7)17/h3-5,19H,1-2H3. The van der Waals surface area contributed by atoms with Crippen molar-refractivity contribution in [3.8, 4) is 0 Å². The van der Waals surface area contributed by atoms with Gasteiger partial charge in [-0.3, -0.25) is 4.79 Å². The highest BCUT2D eigenvalue weighted by atomic mass is 16.5. The Morgan fingerprint density at radius 2 is 2.20 bits per heavy atom. The van der Waals surface area contributed by atoms with Crippen LogP contribution < -0.4 is 5.56 Å². The average Bonchev–Trinajstić information content (AvgIpc) is 2.78. The lowest BCUT2D eigenvalue weighted by Crippen LogP contribution is -2.18. The molecule has 0 aliphatic heterocycles. The molecule has 0 aliphatic carbocycles. The van der Waals surface area contributed by atoms with Crippen LogP contribution in [0.25, 0.3) is 16.6 Å². The number of fused-ring (bicyclic) bond motifs is 3. The predicted molar refractivity (Wildman–Crippen MR) is 68.0 cm³/mol. The molecule has 0 radical (unpaired) electrons. The summed E-state index contributed by atoms with van der Waals surface area (Å²) in [6.07, 6.45) is 2.51. The quantitative estimate of drug-likeness (QED) is 0.508. The summed E-state index contributed by atoms with van der Waals surface area (Å²) in [6.45, 7) is 1.65. The van der Waals surface area contributed by atoms with Gasteiger partial charge in [-0.25, -0.2) is 14.3 Å². The highest BCUT2D eigenvalue weighted by Gasteiger charge is 2.20. The van der Waals surface area contributed by atoms with E-state index < -0.39 is 11.5 Å². The minimum Gasteiger partial charge on any atom is -0.465 e. The summed E-state index contributed by atoms with van der Waals surface area (Å²) in [7, 11) is 1.27. The summed E-state index contributed by atoms with van der Waals surface area (Å²) in [6, 6.07) is 1.51. The van der Waals surface area contributed by atoms with Crippen molar-refractivity contribution in [3.05, 3.63) is 40.1 Å². The van der Waals surface area contributed by atoms with Crippen LogP contribution in [0.2, 0.25) is 0 Å². The zero-order valence-electron chi connectivity index (χ0n) is 10.7. The second-order valence-electron chi connectivity index (χ2n) is 4.21. The van der Waals surface area contributed by atoms with E-state index in [1.807, 2.05) is 0 Å². The van der Waals surface area contributed by atoms with Crippen LogP contribution in [0.15, 0.2) is 23.3 Å². The van der Waals surface area contributed by atoms with E-state index >= 15 is 0 Å². The summed E-state index contributed by atoms with van der Waals surface area (Å²) >= 11 is 0. The first-order chi connectivity index (χ1) is 9.54. The molecule has 1 N–H and O–H groups in total. The average molecular weight is 274 g/mol. The third-order valence-corrected chi connectivity index (χ3v) is 3.06. The van der Waals surface area contributed by atoms with Gasteiger partial charge in [-0.15, -0.1) is 0 Å². The summed E-state index contributed by atoms with van der Waals surface area (Å²) in [5.74, 6) is -0.542. The van der Waals surface area contributed by atoms with Crippen molar-refractivity contribution >= 4 is 22.5 Å². The Kier molecular flexibility index (Phi) is 2.46. The normalized spacial score (nSPS) is 11.1. The molecule has 20 heavy (non-hydrogen) atoms. The number of pyridine rings is 1. The molecule has 3 heterocycles. The second kappa shape index (κ2) is 4.05. The van der Waals surface area contributed by atoms with E-state index in [9.17, 15) is 14.8 Å². The predicted octanol–water partition coefficient (Wildman–Crippen LogP) is 0.377. The molecule has 102 valence electrons. The molecule has 8 heteroatoms. The zero-order valence-corrected chi connectivity index (χ0v) is 10.7. The van der Waals surface area contributed by atoms with E-state index in [1.54, 1.807) is 6.92 Å². The lowest BCUT2D eigenvalue weighted by atomic mass is 10.2. The van der Waals surface area contributed by atoms with E-state index in [-0.39, 0.29) is 10.9 Å². The number of carbonyl (C=O) groups is 1. The third-order valence-electron chi connectivity index (χ3n) is 3.06. The Bertz CT molecular complexity index is 909. The maximum absolute atomic E-state index is 11.8. The second-order valence-corrected chi connectivity index (χ2v) is 4.21. The molecule has 3 rings (SSSR count). The van der Waals surface area contributed by atoms with Crippen molar-refractivity contribution in [2.24, 2.45) is 0 Å². The first-order valence-corrected chi connectivity index (χ1v) is 5.72. The number of methoxy groups -OCH3 is 1. The Labute approximate surface area is 111 Å². The van der Waals surface area contributed by atoms with Gasteiger partial charge in [0, 0.05) is 12.4 Å². The van der Waals surface area contributed by atoms with Crippen molar-refractivity contribution in [1.29, 1.82) is 0 Å². The topological polar surface area (TPSA) is 98.7 Å². The number of rotatable bonds is 1. The molecule has 0 aromatic carbocycles. The van der Waals surface area contributed by atoms with Crippen molar-refractivity contribution in [2.45, 2.75) is 6.92 Å². The molecule has 3 aromatic heterocycles. The highest BCUT2D eigenvalue weighted by molar-refractivity contribution is 5.98. The molecule has 0 aliphatic rings. The number of esters is 1. The van der Waals surface area contributed by atoms with Crippen LogP contribution >= 0.6 is 0 Å². The van der Waals surface area contributed by atoms with Crippen molar-refractivity contribution in [2.75, 3.05) is 7.11 Å². The summed E-state index contributed by atoms with van der Waals surface area (Å²) in [5, 5.41) is 13.7. The van der Waals surface area contributed by atoms with Crippen LogP contribution in [0.3, 0.4) is 0 Å². The molecule has 0 unspecified atom stereocenters. The van der Waals surface area contributed by atoms with E-state index in [1.165, 1.54) is 30.1 Å². The zero-order chi connectivity index (χ0) is 14.4. The molecule has 0 fully saturated rings. The lowest BCUT2D eigenvalue weighted by molar-refractivity contribution is 0.0602. The lowest BCUT2D eigenvalue weighted by Gasteiger charge is -2.02. The van der Waals surface area contributed by atoms with Gasteiger partial charge in [-0.2, -0.15) is 9.83 Å². The van der Waals surface area contributed by atoms with Gasteiger partial charge < -0.3 is 9.94 Å². The van der Waals surface area contributed by atoms with Gasteiger partial charge in [-0.05, 0) is 13.0 Å². The number of aromatic nitrogens is 4. The van der Waals surface area contributed by atoms with Gasteiger partial charge in [0.25, 0.3) is 5.56 Å². The summed E-state index contributed by atoms with van der Waals surface area (Å²) in [5.41, 5.74) is 0.845. The fraction of sp³-hybridized carbons (Fsp3) is 0.167. The number of aryl methyl sites for hydroxylation is 1. The molecule has 0 atom stereocenters. The van der Waals surface area contributed by atoms with E-state index in [2.05, 4.69) is 10.1 Å². The van der Waals surface area contributed by atoms with Crippen LogP contribution in [0.1, 0.15) is 16.1 Å². The molecular formula is C12H10N4O4. The van der Waals surface area contributed by atoms with Crippen LogP contribution in [0, 0.1) is 6.92 Å². The SMILES string of the molecule is COC(=O)c1c(C)nn2c1ncc1c(=O)n(O)ccc12. The van der Waals surface area contributed by atoms with Crippen LogP contribution in [-0.2, 0) is 4.74 Å². The van der Waals surface area contributed by atoms with Gasteiger partial charge in [0.1, 0.15) is 5.56 Å². The Balaban J connectivity index is 2.49. The summed E-state index contributed by atoms with van der Waals surface area (Å²) < 4.78 is 6.55. The van der Waals surface area contributed by atoms with Crippen molar-refractivity contribution in [1.82, 2.24) is 19.3 Å². The van der Waals surface area contributed by atoms with E-state index in [0.717, 1.165) is 0 Å². The Morgan fingerprint density at radius 3 is 2.90 bits per heavy atom. The van der Waals surface area contributed by atoms with Crippen LogP contribution in [-0.4, -0.2) is 37.6 Å². The van der Waals surface area contributed by atoms with E-state index in [0.29, 0.717) is 21.6 Å². The largest absolute Gasteiger partial charge is 0.465 e. The number of ether oxygens (including phenoxy) is 1. The first-order valence-electron chi connectivity index (χ1n) is 5.72. The smallest absolute Gasteiger partial charge is 0.343 e.